The second-order valence-electron chi connectivity index (χ2n) is 7.29. The summed E-state index contributed by atoms with van der Waals surface area (Å²) in [6.45, 7) is 0.702. The van der Waals surface area contributed by atoms with E-state index in [1.54, 1.807) is 0 Å². The second-order valence-corrected chi connectivity index (χ2v) is 7.29. The molecule has 0 spiro atoms. The van der Waals surface area contributed by atoms with E-state index in [4.69, 9.17) is 9.47 Å². The van der Waals surface area contributed by atoms with Crippen LogP contribution in [-0.4, -0.2) is 18.9 Å². The molecule has 3 heteroatoms. The molecule has 2 aromatic rings. The summed E-state index contributed by atoms with van der Waals surface area (Å²) in [6, 6.07) is 11.2. The van der Waals surface area contributed by atoms with Crippen molar-refractivity contribution < 1.29 is 14.3 Å². The van der Waals surface area contributed by atoms with Gasteiger partial charge in [0.2, 0.25) is 6.29 Å². The van der Waals surface area contributed by atoms with Crippen LogP contribution >= 0.6 is 0 Å². The van der Waals surface area contributed by atoms with Crippen LogP contribution in [0.15, 0.2) is 30.3 Å². The van der Waals surface area contributed by atoms with Crippen molar-refractivity contribution in [1.82, 2.24) is 0 Å². The van der Waals surface area contributed by atoms with Crippen LogP contribution in [-0.2, 0) is 20.7 Å². The zero-order valence-electron chi connectivity index (χ0n) is 15.2. The van der Waals surface area contributed by atoms with Gasteiger partial charge in [-0.05, 0) is 77.4 Å². The summed E-state index contributed by atoms with van der Waals surface area (Å²) in [5, 5.41) is 5.26. The van der Waals surface area contributed by atoms with E-state index in [1.165, 1.54) is 26.8 Å². The van der Waals surface area contributed by atoms with Gasteiger partial charge in [0, 0.05) is 12.8 Å². The molecule has 0 bridgehead atoms. The highest BCUT2D eigenvalue weighted by Crippen LogP contribution is 2.17. The van der Waals surface area contributed by atoms with Crippen molar-refractivity contribution in [3.8, 4) is 0 Å². The number of esters is 1. The molecule has 1 aliphatic heterocycles. The van der Waals surface area contributed by atoms with Crippen LogP contribution in [0, 0.1) is 0 Å². The summed E-state index contributed by atoms with van der Waals surface area (Å²) in [4.78, 5) is 12.0. The molecule has 1 fully saturated rings. The number of aryl methyl sites for hydroxylation is 1. The molecule has 2 aromatic carbocycles. The van der Waals surface area contributed by atoms with Gasteiger partial charge in [0.05, 0.1) is 6.61 Å². The van der Waals surface area contributed by atoms with Crippen molar-refractivity contribution in [2.24, 2.45) is 0 Å². The third-order valence-electron chi connectivity index (χ3n) is 5.25. The summed E-state index contributed by atoms with van der Waals surface area (Å²) in [5.74, 6) is -0.142. The molecule has 1 unspecified atom stereocenters. The van der Waals surface area contributed by atoms with Gasteiger partial charge in [-0.3, -0.25) is 4.79 Å². The molecule has 1 heterocycles. The Morgan fingerprint density at radius 2 is 1.85 bits per heavy atom. The molecule has 4 rings (SSSR count). The van der Waals surface area contributed by atoms with Gasteiger partial charge in [0.15, 0.2) is 0 Å². The maximum Gasteiger partial charge on any atom is 0.308 e. The number of fused-ring (bicyclic) bond motifs is 2. The number of rotatable bonds is 5. The minimum Gasteiger partial charge on any atom is -0.436 e. The van der Waals surface area contributed by atoms with Crippen LogP contribution in [0.25, 0.3) is 22.9 Å². The fourth-order valence-corrected chi connectivity index (χ4v) is 3.82. The Morgan fingerprint density at radius 1 is 1.04 bits per heavy atom. The van der Waals surface area contributed by atoms with Crippen molar-refractivity contribution >= 4 is 28.9 Å². The average Bonchev–Trinajstić information content (AvgIpc) is 2.67. The highest BCUT2D eigenvalue weighted by atomic mass is 16.7. The van der Waals surface area contributed by atoms with Crippen LogP contribution in [0.1, 0.15) is 50.5 Å². The van der Waals surface area contributed by atoms with Crippen LogP contribution < -0.4 is 10.4 Å². The molecular weight excluding hydrogens is 324 g/mol. The quantitative estimate of drug-likeness (QED) is 0.773. The van der Waals surface area contributed by atoms with Crippen molar-refractivity contribution in [1.29, 1.82) is 0 Å². The molecule has 26 heavy (non-hydrogen) atoms. The molecule has 0 saturated carbocycles. The predicted molar refractivity (Wildman–Crippen MR) is 104 cm³/mol. The van der Waals surface area contributed by atoms with E-state index in [1.807, 2.05) is 0 Å². The topological polar surface area (TPSA) is 35.5 Å². The minimum absolute atomic E-state index is 0.142. The summed E-state index contributed by atoms with van der Waals surface area (Å²) in [7, 11) is 0. The van der Waals surface area contributed by atoms with E-state index in [0.717, 1.165) is 44.9 Å². The van der Waals surface area contributed by atoms with Gasteiger partial charge >= 0.3 is 5.97 Å². The lowest BCUT2D eigenvalue weighted by molar-refractivity contribution is -0.186. The van der Waals surface area contributed by atoms with E-state index >= 15 is 0 Å². The standard InChI is InChI=1S/C23H26O3/c24-22(26-23-10-3-4-13-25-23)9-5-6-17-11-12-20-15-18-7-1-2-8-19(18)16-21(20)14-17/h7-8,11-12,14-16,23H,1-6,9-10,13H2. The first-order chi connectivity index (χ1) is 12.8. The lowest BCUT2D eigenvalue weighted by Crippen LogP contribution is -2.26. The maximum atomic E-state index is 12.0. The highest BCUT2D eigenvalue weighted by molar-refractivity contribution is 5.83. The van der Waals surface area contributed by atoms with E-state index in [2.05, 4.69) is 42.5 Å². The number of carbonyl (C=O) groups is 1. The zero-order chi connectivity index (χ0) is 17.8. The minimum atomic E-state index is -0.323. The van der Waals surface area contributed by atoms with Crippen molar-refractivity contribution in [2.45, 2.75) is 57.7 Å². The van der Waals surface area contributed by atoms with Crippen LogP contribution in [0.4, 0.5) is 0 Å². The van der Waals surface area contributed by atoms with Gasteiger partial charge in [-0.15, -0.1) is 0 Å². The van der Waals surface area contributed by atoms with Crippen molar-refractivity contribution in [3.63, 3.8) is 0 Å². The number of hydrogen-bond donors (Lipinski definition) is 0. The molecule has 136 valence electrons. The summed E-state index contributed by atoms with van der Waals surface area (Å²) < 4.78 is 10.9. The predicted octanol–water partition coefficient (Wildman–Crippen LogP) is 3.59. The smallest absolute Gasteiger partial charge is 0.308 e. The van der Waals surface area contributed by atoms with Crippen LogP contribution in [0.5, 0.6) is 0 Å². The Hall–Kier alpha value is -2.13. The Kier molecular flexibility index (Phi) is 5.35. The number of hydrogen-bond acceptors (Lipinski definition) is 3. The van der Waals surface area contributed by atoms with Gasteiger partial charge in [0.1, 0.15) is 0 Å². The molecule has 1 saturated heterocycles. The van der Waals surface area contributed by atoms with Gasteiger partial charge in [-0.25, -0.2) is 0 Å². The van der Waals surface area contributed by atoms with Gasteiger partial charge in [-0.1, -0.05) is 30.4 Å². The number of carbonyl (C=O) groups excluding carboxylic acids is 1. The molecule has 3 nitrogen and oxygen atoms in total. The second kappa shape index (κ2) is 8.05. The van der Waals surface area contributed by atoms with E-state index < -0.39 is 0 Å². The first-order valence-corrected chi connectivity index (χ1v) is 9.82. The number of benzene rings is 2. The normalized spacial score (nSPS) is 19.3. The van der Waals surface area contributed by atoms with Gasteiger partial charge in [-0.2, -0.15) is 0 Å². The van der Waals surface area contributed by atoms with E-state index in [0.29, 0.717) is 13.0 Å². The Labute approximate surface area is 154 Å². The molecule has 0 amide bonds. The maximum absolute atomic E-state index is 12.0. The lowest BCUT2D eigenvalue weighted by Gasteiger charge is -2.22. The molecule has 0 radical (unpaired) electrons. The largest absolute Gasteiger partial charge is 0.436 e. The monoisotopic (exact) mass is 350 g/mol. The summed E-state index contributed by atoms with van der Waals surface area (Å²) in [5.41, 5.74) is 1.28. The lowest BCUT2D eigenvalue weighted by atomic mass is 9.99. The number of ether oxygens (including phenoxy) is 2. The zero-order valence-corrected chi connectivity index (χ0v) is 15.2. The average molecular weight is 350 g/mol. The molecule has 0 aromatic heterocycles. The fourth-order valence-electron chi connectivity index (χ4n) is 3.82. The first kappa shape index (κ1) is 17.3. The molecule has 2 aliphatic rings. The third kappa shape index (κ3) is 4.16. The fraction of sp³-hybridized carbons (Fsp3) is 0.435. The molecular formula is C23H26O3. The van der Waals surface area contributed by atoms with Crippen LogP contribution in [0.3, 0.4) is 0 Å². The molecule has 1 atom stereocenters. The SMILES string of the molecule is O=C(CCCc1ccc2cc3c(cc2c1)=CCCC=3)OC1CCCCO1. The van der Waals surface area contributed by atoms with E-state index in [-0.39, 0.29) is 12.3 Å². The highest BCUT2D eigenvalue weighted by Gasteiger charge is 2.17. The Bertz CT molecular complexity index is 907. The summed E-state index contributed by atoms with van der Waals surface area (Å²) >= 11 is 0. The van der Waals surface area contributed by atoms with Crippen molar-refractivity contribution in [2.75, 3.05) is 6.61 Å². The van der Waals surface area contributed by atoms with Gasteiger partial charge in [0.25, 0.3) is 0 Å². The molecule has 1 aliphatic carbocycles. The third-order valence-corrected chi connectivity index (χ3v) is 5.25. The van der Waals surface area contributed by atoms with Gasteiger partial charge < -0.3 is 9.47 Å². The van der Waals surface area contributed by atoms with Crippen LogP contribution in [0.2, 0.25) is 0 Å². The first-order valence-electron chi connectivity index (χ1n) is 9.82. The molecule has 0 N–H and O–H groups in total. The van der Waals surface area contributed by atoms with Crippen molar-refractivity contribution in [3.05, 3.63) is 46.3 Å². The summed E-state index contributed by atoms with van der Waals surface area (Å²) in [6.07, 6.45) is 11.7. The Balaban J connectivity index is 1.36. The van der Waals surface area contributed by atoms with E-state index in [9.17, 15) is 4.79 Å². The Morgan fingerprint density at radius 3 is 2.62 bits per heavy atom.